The Morgan fingerprint density at radius 1 is 1.14 bits per heavy atom. The van der Waals surface area contributed by atoms with E-state index in [0.717, 1.165) is 37.9 Å². The van der Waals surface area contributed by atoms with Crippen molar-refractivity contribution >= 4 is 5.91 Å². The molecule has 1 aliphatic heterocycles. The lowest BCUT2D eigenvalue weighted by molar-refractivity contribution is -0.132. The standard InChI is InChI=1S/C23H29FN2O2/c1-25(16-20-8-9-22(28-2)21(24)15-20)23(27)17-26-12-10-19(11-13-26)14-18-6-4-3-5-7-18/h3-9,15,19H,10-14,16-17H2,1-2H3. The molecule has 2 aromatic rings. The average molecular weight is 384 g/mol. The smallest absolute Gasteiger partial charge is 0.236 e. The Morgan fingerprint density at radius 2 is 1.86 bits per heavy atom. The minimum atomic E-state index is -0.402. The van der Waals surface area contributed by atoms with Gasteiger partial charge in [0, 0.05) is 13.6 Å². The van der Waals surface area contributed by atoms with Gasteiger partial charge in [-0.15, -0.1) is 0 Å². The first-order valence-corrected chi connectivity index (χ1v) is 9.88. The Labute approximate surface area is 166 Å². The summed E-state index contributed by atoms with van der Waals surface area (Å²) < 4.78 is 18.8. The number of halogens is 1. The molecule has 28 heavy (non-hydrogen) atoms. The molecule has 0 N–H and O–H groups in total. The number of carbonyl (C=O) groups excluding carboxylic acids is 1. The van der Waals surface area contributed by atoms with E-state index in [-0.39, 0.29) is 11.7 Å². The molecule has 0 aromatic heterocycles. The van der Waals surface area contributed by atoms with Crippen LogP contribution in [-0.2, 0) is 17.8 Å². The van der Waals surface area contributed by atoms with Crippen LogP contribution in [0.5, 0.6) is 5.75 Å². The third-order valence-corrected chi connectivity index (χ3v) is 5.49. The maximum absolute atomic E-state index is 13.8. The molecule has 3 rings (SSSR count). The maximum atomic E-state index is 13.8. The monoisotopic (exact) mass is 384 g/mol. The third-order valence-electron chi connectivity index (χ3n) is 5.49. The number of rotatable bonds is 7. The number of likely N-dealkylation sites (tertiary alicyclic amines) is 1. The Bertz CT molecular complexity index is 773. The fraction of sp³-hybridized carbons (Fsp3) is 0.435. The second-order valence-electron chi connectivity index (χ2n) is 7.63. The van der Waals surface area contributed by atoms with Crippen molar-refractivity contribution in [2.24, 2.45) is 5.92 Å². The highest BCUT2D eigenvalue weighted by Gasteiger charge is 2.22. The predicted octanol–water partition coefficient (Wildman–Crippen LogP) is 3.75. The van der Waals surface area contributed by atoms with Gasteiger partial charge >= 0.3 is 0 Å². The number of benzene rings is 2. The summed E-state index contributed by atoms with van der Waals surface area (Å²) in [7, 11) is 3.21. The Morgan fingerprint density at radius 3 is 2.50 bits per heavy atom. The van der Waals surface area contributed by atoms with Gasteiger partial charge in [-0.1, -0.05) is 36.4 Å². The SMILES string of the molecule is COc1ccc(CN(C)C(=O)CN2CCC(Cc3ccccc3)CC2)cc1F. The van der Waals surface area contributed by atoms with Gasteiger partial charge in [0.05, 0.1) is 13.7 Å². The third kappa shape index (κ3) is 5.55. The fourth-order valence-corrected chi connectivity index (χ4v) is 3.78. The zero-order valence-corrected chi connectivity index (χ0v) is 16.7. The topological polar surface area (TPSA) is 32.8 Å². The summed E-state index contributed by atoms with van der Waals surface area (Å²) in [5.41, 5.74) is 2.15. The van der Waals surface area contributed by atoms with Crippen LogP contribution in [0.25, 0.3) is 0 Å². The molecule has 1 saturated heterocycles. The minimum absolute atomic E-state index is 0.0673. The number of methoxy groups -OCH3 is 1. The van der Waals surface area contributed by atoms with Crippen molar-refractivity contribution in [3.8, 4) is 5.75 Å². The molecule has 0 atom stereocenters. The number of likely N-dealkylation sites (N-methyl/N-ethyl adjacent to an activating group) is 1. The van der Waals surface area contributed by atoms with Gasteiger partial charge in [0.25, 0.3) is 0 Å². The van der Waals surface area contributed by atoms with Gasteiger partial charge in [-0.25, -0.2) is 4.39 Å². The summed E-state index contributed by atoms with van der Waals surface area (Å²) in [6, 6.07) is 15.4. The molecular weight excluding hydrogens is 355 g/mol. The highest BCUT2D eigenvalue weighted by molar-refractivity contribution is 5.78. The van der Waals surface area contributed by atoms with Gasteiger partial charge in [0.1, 0.15) is 0 Å². The molecule has 150 valence electrons. The zero-order chi connectivity index (χ0) is 19.9. The van der Waals surface area contributed by atoms with E-state index in [0.29, 0.717) is 19.0 Å². The first-order chi connectivity index (χ1) is 13.5. The zero-order valence-electron chi connectivity index (χ0n) is 16.7. The first-order valence-electron chi connectivity index (χ1n) is 9.88. The molecule has 1 aliphatic rings. The number of piperidine rings is 1. The van der Waals surface area contributed by atoms with Crippen LogP contribution in [0, 0.1) is 11.7 Å². The van der Waals surface area contributed by atoms with Crippen molar-refractivity contribution in [3.05, 3.63) is 65.5 Å². The highest BCUT2D eigenvalue weighted by Crippen LogP contribution is 2.22. The van der Waals surface area contributed by atoms with Crippen molar-refractivity contribution in [2.45, 2.75) is 25.8 Å². The van der Waals surface area contributed by atoms with E-state index < -0.39 is 5.82 Å². The van der Waals surface area contributed by atoms with E-state index in [1.807, 2.05) is 0 Å². The molecule has 0 spiro atoms. The molecule has 0 radical (unpaired) electrons. The van der Waals surface area contributed by atoms with E-state index in [9.17, 15) is 9.18 Å². The average Bonchev–Trinajstić information content (AvgIpc) is 2.70. The minimum Gasteiger partial charge on any atom is -0.494 e. The first kappa shape index (κ1) is 20.3. The maximum Gasteiger partial charge on any atom is 0.236 e. The van der Waals surface area contributed by atoms with Crippen LogP contribution in [0.15, 0.2) is 48.5 Å². The summed E-state index contributed by atoms with van der Waals surface area (Å²) in [4.78, 5) is 16.5. The second kappa shape index (κ2) is 9.69. The van der Waals surface area contributed by atoms with Gasteiger partial charge in [0.15, 0.2) is 11.6 Å². The lowest BCUT2D eigenvalue weighted by Crippen LogP contribution is -2.42. The van der Waals surface area contributed by atoms with Crippen molar-refractivity contribution in [3.63, 3.8) is 0 Å². The lowest BCUT2D eigenvalue weighted by Gasteiger charge is -2.32. The molecule has 5 heteroatoms. The molecule has 1 fully saturated rings. The van der Waals surface area contributed by atoms with Crippen molar-refractivity contribution in [2.75, 3.05) is 33.8 Å². The molecule has 2 aromatic carbocycles. The molecule has 0 aliphatic carbocycles. The normalized spacial score (nSPS) is 15.4. The highest BCUT2D eigenvalue weighted by atomic mass is 19.1. The molecular formula is C23H29FN2O2. The number of nitrogens with zero attached hydrogens (tertiary/aromatic N) is 2. The van der Waals surface area contributed by atoms with Gasteiger partial charge in [-0.05, 0) is 61.5 Å². The Balaban J connectivity index is 1.44. The largest absolute Gasteiger partial charge is 0.494 e. The van der Waals surface area contributed by atoms with Crippen LogP contribution in [0.4, 0.5) is 4.39 Å². The van der Waals surface area contributed by atoms with Crippen LogP contribution < -0.4 is 4.74 Å². The molecule has 4 nitrogen and oxygen atoms in total. The Kier molecular flexibility index (Phi) is 7.04. The van der Waals surface area contributed by atoms with Crippen molar-refractivity contribution < 1.29 is 13.9 Å². The predicted molar refractivity (Wildman–Crippen MR) is 109 cm³/mol. The molecule has 0 unspecified atom stereocenters. The van der Waals surface area contributed by atoms with E-state index in [1.165, 1.54) is 18.7 Å². The molecule has 0 bridgehead atoms. The van der Waals surface area contributed by atoms with E-state index in [2.05, 4.69) is 35.2 Å². The van der Waals surface area contributed by atoms with Gasteiger partial charge in [0.2, 0.25) is 5.91 Å². The quantitative estimate of drug-likeness (QED) is 0.729. The van der Waals surface area contributed by atoms with Crippen LogP contribution in [0.2, 0.25) is 0 Å². The van der Waals surface area contributed by atoms with E-state index >= 15 is 0 Å². The van der Waals surface area contributed by atoms with E-state index in [1.54, 1.807) is 24.1 Å². The Hall–Kier alpha value is -2.40. The van der Waals surface area contributed by atoms with Crippen LogP contribution >= 0.6 is 0 Å². The van der Waals surface area contributed by atoms with Gasteiger partial charge in [-0.3, -0.25) is 9.69 Å². The summed E-state index contributed by atoms with van der Waals surface area (Å²) in [6.45, 7) is 2.72. The summed E-state index contributed by atoms with van der Waals surface area (Å²) in [5, 5.41) is 0. The van der Waals surface area contributed by atoms with Crippen molar-refractivity contribution in [1.82, 2.24) is 9.80 Å². The number of amides is 1. The molecule has 1 heterocycles. The fourth-order valence-electron chi connectivity index (χ4n) is 3.78. The van der Waals surface area contributed by atoms with E-state index in [4.69, 9.17) is 4.74 Å². The number of ether oxygens (including phenoxy) is 1. The summed E-state index contributed by atoms with van der Waals surface area (Å²) in [5.74, 6) is 0.573. The lowest BCUT2D eigenvalue weighted by atomic mass is 9.90. The number of hydrogen-bond acceptors (Lipinski definition) is 3. The van der Waals surface area contributed by atoms with Crippen molar-refractivity contribution in [1.29, 1.82) is 0 Å². The summed E-state index contributed by atoms with van der Waals surface area (Å²) >= 11 is 0. The molecule has 0 saturated carbocycles. The second-order valence-corrected chi connectivity index (χ2v) is 7.63. The molecule has 1 amide bonds. The van der Waals surface area contributed by atoms with Crippen LogP contribution in [0.1, 0.15) is 24.0 Å². The van der Waals surface area contributed by atoms with Gasteiger partial charge in [-0.2, -0.15) is 0 Å². The van der Waals surface area contributed by atoms with Gasteiger partial charge < -0.3 is 9.64 Å². The van der Waals surface area contributed by atoms with Crippen LogP contribution in [-0.4, -0.2) is 49.5 Å². The summed E-state index contributed by atoms with van der Waals surface area (Å²) in [6.07, 6.45) is 3.36. The number of hydrogen-bond donors (Lipinski definition) is 0. The number of carbonyl (C=O) groups is 1. The van der Waals surface area contributed by atoms with Crippen LogP contribution in [0.3, 0.4) is 0 Å².